The van der Waals surface area contributed by atoms with Gasteiger partial charge in [-0.3, -0.25) is 4.90 Å². The van der Waals surface area contributed by atoms with Crippen LogP contribution in [0.15, 0.2) is 24.4 Å². The van der Waals surface area contributed by atoms with Crippen LogP contribution in [0.25, 0.3) is 0 Å². The Bertz CT molecular complexity index is 213. The van der Waals surface area contributed by atoms with E-state index >= 15 is 0 Å². The fraction of sp³-hybridized carbons (Fsp3) is 0.375. The quantitative estimate of drug-likeness (QED) is 0.629. The summed E-state index contributed by atoms with van der Waals surface area (Å²) in [6.07, 6.45) is 6.46. The van der Waals surface area contributed by atoms with Gasteiger partial charge in [0.1, 0.15) is 13.3 Å². The third-order valence-electron chi connectivity index (χ3n) is 1.35. The Labute approximate surface area is 70.1 Å². The van der Waals surface area contributed by atoms with Gasteiger partial charge in [-0.2, -0.15) is 0 Å². The van der Waals surface area contributed by atoms with Gasteiger partial charge in [0.25, 0.3) is 0 Å². The summed E-state index contributed by atoms with van der Waals surface area (Å²) in [5, 5.41) is 0. The molecule has 0 saturated heterocycles. The lowest BCUT2D eigenvalue weighted by Crippen LogP contribution is -2.28. The van der Waals surface area contributed by atoms with Gasteiger partial charge in [-0.25, -0.2) is 9.18 Å². The molecule has 0 N–H and O–H groups in total. The molecule has 1 rings (SSSR count). The molecule has 0 atom stereocenters. The smallest absolute Gasteiger partial charge is 0.414 e. The van der Waals surface area contributed by atoms with Gasteiger partial charge in [-0.15, -0.1) is 0 Å². The van der Waals surface area contributed by atoms with Gasteiger partial charge < -0.3 is 4.74 Å². The van der Waals surface area contributed by atoms with Gasteiger partial charge in [-0.05, 0) is 6.08 Å². The topological polar surface area (TPSA) is 29.5 Å². The van der Waals surface area contributed by atoms with Crippen LogP contribution < -0.4 is 0 Å². The molecule has 12 heavy (non-hydrogen) atoms. The summed E-state index contributed by atoms with van der Waals surface area (Å²) in [6.45, 7) is -0.326. The largest absolute Gasteiger partial charge is 0.446 e. The lowest BCUT2D eigenvalue weighted by atomic mass is 10.4. The lowest BCUT2D eigenvalue weighted by molar-refractivity contribution is 0.112. The summed E-state index contributed by atoms with van der Waals surface area (Å²) < 4.78 is 16.2. The highest BCUT2D eigenvalue weighted by Gasteiger charge is 2.10. The number of hydrogen-bond acceptors (Lipinski definition) is 2. The molecule has 1 amide bonds. The van der Waals surface area contributed by atoms with Gasteiger partial charge >= 0.3 is 6.09 Å². The van der Waals surface area contributed by atoms with Crippen molar-refractivity contribution in [3.05, 3.63) is 24.4 Å². The maximum atomic E-state index is 11.6. The number of alkyl halides is 1. The van der Waals surface area contributed by atoms with E-state index in [1.165, 1.54) is 4.90 Å². The predicted octanol–water partition coefficient (Wildman–Crippen LogP) is 1.48. The van der Waals surface area contributed by atoms with Crippen molar-refractivity contribution in [2.45, 2.75) is 0 Å². The fourth-order valence-corrected chi connectivity index (χ4v) is 0.812. The van der Waals surface area contributed by atoms with Crippen LogP contribution in [0.1, 0.15) is 0 Å². The van der Waals surface area contributed by atoms with E-state index in [1.807, 2.05) is 12.2 Å². The summed E-state index contributed by atoms with van der Waals surface area (Å²) in [6, 6.07) is 0. The van der Waals surface area contributed by atoms with Crippen LogP contribution in [0.3, 0.4) is 0 Å². The van der Waals surface area contributed by atoms with Crippen LogP contribution in [0.4, 0.5) is 9.18 Å². The number of nitrogens with zero attached hydrogens (tertiary/aromatic N) is 1. The first-order valence-corrected chi connectivity index (χ1v) is 3.67. The zero-order valence-corrected chi connectivity index (χ0v) is 6.57. The molecule has 0 spiro atoms. The zero-order valence-electron chi connectivity index (χ0n) is 6.57. The standard InChI is InChI=1S/C8H10FNO2/c9-4-7-12-8(11)10-5-2-1-3-6-10/h1-3,5H,4,6-7H2. The van der Waals surface area contributed by atoms with Crippen molar-refractivity contribution in [2.24, 2.45) is 0 Å². The predicted molar refractivity (Wildman–Crippen MR) is 42.3 cm³/mol. The van der Waals surface area contributed by atoms with Crippen LogP contribution in [0.2, 0.25) is 0 Å². The van der Waals surface area contributed by atoms with Gasteiger partial charge in [0.2, 0.25) is 0 Å². The summed E-state index contributed by atoms with van der Waals surface area (Å²) in [5.74, 6) is 0. The second-order valence-electron chi connectivity index (χ2n) is 2.23. The molecule has 4 heteroatoms. The number of amides is 1. The van der Waals surface area contributed by atoms with Crippen LogP contribution in [0.5, 0.6) is 0 Å². The van der Waals surface area contributed by atoms with Crippen LogP contribution in [0, 0.1) is 0 Å². The average Bonchev–Trinajstić information content (AvgIpc) is 2.15. The van der Waals surface area contributed by atoms with Crippen molar-refractivity contribution in [1.29, 1.82) is 0 Å². The van der Waals surface area contributed by atoms with E-state index in [1.54, 1.807) is 12.3 Å². The van der Waals surface area contributed by atoms with Crippen LogP contribution >= 0.6 is 0 Å². The molecule has 0 aromatic heterocycles. The highest BCUT2D eigenvalue weighted by molar-refractivity contribution is 5.69. The van der Waals surface area contributed by atoms with Crippen LogP contribution in [-0.2, 0) is 4.74 Å². The molecule has 1 aliphatic heterocycles. The van der Waals surface area contributed by atoms with Gasteiger partial charge in [0.15, 0.2) is 0 Å². The Morgan fingerprint density at radius 2 is 2.42 bits per heavy atom. The summed E-state index contributed by atoms with van der Waals surface area (Å²) in [4.78, 5) is 12.4. The van der Waals surface area contributed by atoms with E-state index in [9.17, 15) is 9.18 Å². The summed E-state index contributed by atoms with van der Waals surface area (Å²) in [7, 11) is 0. The third-order valence-corrected chi connectivity index (χ3v) is 1.35. The first kappa shape index (κ1) is 8.77. The number of halogens is 1. The summed E-state index contributed by atoms with van der Waals surface area (Å²) in [5.41, 5.74) is 0. The molecule has 0 radical (unpaired) electrons. The lowest BCUT2D eigenvalue weighted by Gasteiger charge is -2.17. The first-order chi connectivity index (χ1) is 5.84. The molecule has 0 aromatic rings. The summed E-state index contributed by atoms with van der Waals surface area (Å²) >= 11 is 0. The van der Waals surface area contributed by atoms with E-state index in [0.717, 1.165) is 0 Å². The Balaban J connectivity index is 2.32. The zero-order chi connectivity index (χ0) is 8.81. The molecule has 1 aliphatic rings. The molecule has 0 aliphatic carbocycles. The number of rotatable bonds is 2. The van der Waals surface area contributed by atoms with E-state index < -0.39 is 12.8 Å². The molecule has 0 aromatic carbocycles. The molecule has 0 bridgehead atoms. The minimum atomic E-state index is -0.640. The number of ether oxygens (including phenoxy) is 1. The Kier molecular flexibility index (Phi) is 3.32. The van der Waals surface area contributed by atoms with Crippen molar-refractivity contribution in [3.63, 3.8) is 0 Å². The van der Waals surface area contributed by atoms with E-state index in [-0.39, 0.29) is 6.61 Å². The second-order valence-corrected chi connectivity index (χ2v) is 2.23. The number of allylic oxidation sites excluding steroid dienone is 2. The van der Waals surface area contributed by atoms with Crippen LogP contribution in [-0.4, -0.2) is 30.8 Å². The van der Waals surface area contributed by atoms with Crippen molar-refractivity contribution in [3.8, 4) is 0 Å². The normalized spacial score (nSPS) is 14.9. The Morgan fingerprint density at radius 3 is 3.00 bits per heavy atom. The minimum absolute atomic E-state index is 0.174. The first-order valence-electron chi connectivity index (χ1n) is 3.67. The molecule has 0 saturated carbocycles. The molecular formula is C8H10FNO2. The monoisotopic (exact) mass is 171 g/mol. The SMILES string of the molecule is O=C(OCCF)N1C=CC=CC1. The highest BCUT2D eigenvalue weighted by Crippen LogP contribution is 2.00. The maximum absolute atomic E-state index is 11.6. The van der Waals surface area contributed by atoms with Gasteiger partial charge in [0, 0.05) is 12.7 Å². The maximum Gasteiger partial charge on any atom is 0.414 e. The van der Waals surface area contributed by atoms with Crippen molar-refractivity contribution in [2.75, 3.05) is 19.8 Å². The third kappa shape index (κ3) is 2.38. The van der Waals surface area contributed by atoms with Gasteiger partial charge in [0.05, 0.1) is 0 Å². The molecular weight excluding hydrogens is 161 g/mol. The number of hydrogen-bond donors (Lipinski definition) is 0. The van der Waals surface area contributed by atoms with E-state index in [0.29, 0.717) is 6.54 Å². The number of carbonyl (C=O) groups is 1. The number of carbonyl (C=O) groups excluding carboxylic acids is 1. The Hall–Kier alpha value is -1.32. The van der Waals surface area contributed by atoms with E-state index in [2.05, 4.69) is 4.74 Å². The average molecular weight is 171 g/mol. The molecule has 66 valence electrons. The molecule has 0 unspecified atom stereocenters. The van der Waals surface area contributed by atoms with E-state index in [4.69, 9.17) is 0 Å². The molecule has 0 fully saturated rings. The molecule has 3 nitrogen and oxygen atoms in total. The Morgan fingerprint density at radius 1 is 1.58 bits per heavy atom. The van der Waals surface area contributed by atoms with Gasteiger partial charge in [-0.1, -0.05) is 12.2 Å². The fourth-order valence-electron chi connectivity index (χ4n) is 0.812. The second kappa shape index (κ2) is 4.54. The molecule has 1 heterocycles. The van der Waals surface area contributed by atoms with Crippen molar-refractivity contribution in [1.82, 2.24) is 4.90 Å². The minimum Gasteiger partial charge on any atom is -0.446 e. The highest BCUT2D eigenvalue weighted by atomic mass is 19.1. The van der Waals surface area contributed by atoms with Crippen molar-refractivity contribution < 1.29 is 13.9 Å². The van der Waals surface area contributed by atoms with Crippen molar-refractivity contribution >= 4 is 6.09 Å².